The molecule has 6 heterocycles. The number of aromatic nitrogens is 2. The number of rotatable bonds is 0. The first-order valence-electron chi connectivity index (χ1n) is 26.1. The number of benzene rings is 10. The van der Waals surface area contributed by atoms with Crippen LogP contribution in [0.25, 0.3) is 63.7 Å². The van der Waals surface area contributed by atoms with Crippen LogP contribution in [0.4, 0.5) is 0 Å². The molecule has 0 amide bonds. The van der Waals surface area contributed by atoms with Crippen molar-refractivity contribution in [3.05, 3.63) is 376 Å². The van der Waals surface area contributed by atoms with Crippen LogP contribution < -0.4 is 0 Å². The van der Waals surface area contributed by atoms with E-state index in [0.717, 1.165) is 21.9 Å². The van der Waals surface area contributed by atoms with Crippen LogP contribution in [0.15, 0.2) is 384 Å². The molecule has 0 saturated heterocycles. The molecule has 16 rings (SSSR count). The smallest absolute Gasteiger partial charge is 0.133 e. The van der Waals surface area contributed by atoms with Gasteiger partial charge in [-0.15, -0.1) is 22.7 Å². The molecule has 0 N–H and O–H groups in total. The summed E-state index contributed by atoms with van der Waals surface area (Å²) in [6, 6.07) is 110. The molecule has 0 aliphatic heterocycles. The summed E-state index contributed by atoms with van der Waals surface area (Å²) in [6.07, 6.45) is 10.4. The molecule has 4 nitrogen and oxygen atoms in total. The molecular weight excluding hydrogens is 1010 g/mol. The first kappa shape index (κ1) is 57.7. The van der Waals surface area contributed by atoms with Crippen LogP contribution in [-0.2, 0) is 0 Å². The molecule has 16 aromatic rings. The lowest BCUT2D eigenvalue weighted by molar-refractivity contribution is 0.615. The molecule has 392 valence electrons. The second-order valence-electron chi connectivity index (χ2n) is 16.9. The summed E-state index contributed by atoms with van der Waals surface area (Å²) in [4.78, 5) is 7.57. The minimum atomic E-state index is 0.956. The van der Waals surface area contributed by atoms with Gasteiger partial charge in [0.05, 0.1) is 12.5 Å². The Labute approximate surface area is 477 Å². The second-order valence-corrected chi connectivity index (χ2v) is 18.8. The van der Waals surface area contributed by atoms with E-state index in [1.807, 2.05) is 170 Å². The molecule has 0 spiro atoms. The fourth-order valence-corrected chi connectivity index (χ4v) is 8.87. The summed E-state index contributed by atoms with van der Waals surface area (Å²) in [5, 5.41) is 14.5. The highest BCUT2D eigenvalue weighted by Gasteiger charge is 1.92. The van der Waals surface area contributed by atoms with Gasteiger partial charge < -0.3 is 8.83 Å². The highest BCUT2D eigenvalue weighted by atomic mass is 32.1. The number of fused-ring (bicyclic) bond motifs is 6. The van der Waals surface area contributed by atoms with Gasteiger partial charge in [0.2, 0.25) is 0 Å². The van der Waals surface area contributed by atoms with E-state index in [9.17, 15) is 0 Å². The topological polar surface area (TPSA) is 52.1 Å². The predicted molar refractivity (Wildman–Crippen MR) is 345 cm³/mol. The fraction of sp³-hybridized carbons (Fsp3) is 0. The summed E-state index contributed by atoms with van der Waals surface area (Å²) in [7, 11) is 0. The van der Waals surface area contributed by atoms with Crippen LogP contribution in [0.1, 0.15) is 0 Å². The fourth-order valence-electron chi connectivity index (χ4n) is 7.29. The Morgan fingerprint density at radius 3 is 0.675 bits per heavy atom. The maximum atomic E-state index is 5.12. The predicted octanol–water partition coefficient (Wildman–Crippen LogP) is 21.9. The summed E-state index contributed by atoms with van der Waals surface area (Å²) < 4.78 is 13.0. The molecule has 0 unspecified atom stereocenters. The summed E-state index contributed by atoms with van der Waals surface area (Å²) in [6.45, 7) is 0. The zero-order chi connectivity index (χ0) is 55.0. The summed E-state index contributed by atoms with van der Waals surface area (Å²) in [5.74, 6) is 0. The molecule has 0 bridgehead atoms. The highest BCUT2D eigenvalue weighted by Crippen LogP contribution is 2.20. The Bertz CT molecular complexity index is 3230. The molecule has 6 heteroatoms. The zero-order valence-corrected chi connectivity index (χ0v) is 46.0. The van der Waals surface area contributed by atoms with Crippen molar-refractivity contribution < 1.29 is 8.83 Å². The molecule has 10 aromatic carbocycles. The maximum absolute atomic E-state index is 5.12. The maximum Gasteiger partial charge on any atom is 0.133 e. The van der Waals surface area contributed by atoms with E-state index in [2.05, 4.69) is 178 Å². The molecule has 0 saturated carbocycles. The number of thiophene rings is 2. The normalized spacial score (nSPS) is 9.50. The highest BCUT2D eigenvalue weighted by molar-refractivity contribution is 7.17. The van der Waals surface area contributed by atoms with E-state index in [4.69, 9.17) is 8.83 Å². The van der Waals surface area contributed by atoms with Crippen LogP contribution in [0.3, 0.4) is 0 Å². The minimum absolute atomic E-state index is 0.956. The van der Waals surface area contributed by atoms with Crippen LogP contribution >= 0.6 is 22.7 Å². The van der Waals surface area contributed by atoms with E-state index < -0.39 is 0 Å². The Hall–Kier alpha value is -9.98. The molecule has 0 fully saturated rings. The number of hydrogen-bond donors (Lipinski definition) is 0. The van der Waals surface area contributed by atoms with Crippen LogP contribution in [-0.4, -0.2) is 9.97 Å². The van der Waals surface area contributed by atoms with E-state index in [1.54, 1.807) is 60.0 Å². The van der Waals surface area contributed by atoms with Crippen LogP contribution in [0, 0.1) is 0 Å². The average Bonchev–Trinajstić information content (AvgIpc) is 4.43. The first-order chi connectivity index (χ1) is 39.8. The van der Waals surface area contributed by atoms with Crippen molar-refractivity contribution >= 4 is 86.3 Å². The number of pyridine rings is 2. The summed E-state index contributed by atoms with van der Waals surface area (Å²) >= 11 is 3.57. The molecule has 80 heavy (non-hydrogen) atoms. The Morgan fingerprint density at radius 1 is 0.200 bits per heavy atom. The van der Waals surface area contributed by atoms with Gasteiger partial charge in [-0.25, -0.2) is 0 Å². The lowest BCUT2D eigenvalue weighted by atomic mass is 10.1. The monoisotopic (exact) mass is 1070 g/mol. The van der Waals surface area contributed by atoms with E-state index >= 15 is 0 Å². The van der Waals surface area contributed by atoms with Crippen molar-refractivity contribution in [1.29, 1.82) is 0 Å². The van der Waals surface area contributed by atoms with E-state index in [1.165, 1.54) is 41.7 Å². The van der Waals surface area contributed by atoms with Crippen molar-refractivity contribution in [1.82, 2.24) is 9.97 Å². The Balaban J connectivity index is 0.000000129. The van der Waals surface area contributed by atoms with Gasteiger partial charge in [0, 0.05) is 45.0 Å². The van der Waals surface area contributed by atoms with E-state index in [0.29, 0.717) is 0 Å². The van der Waals surface area contributed by atoms with Gasteiger partial charge in [-0.2, -0.15) is 0 Å². The van der Waals surface area contributed by atoms with E-state index in [-0.39, 0.29) is 0 Å². The Morgan fingerprint density at radius 2 is 0.438 bits per heavy atom. The third-order valence-corrected chi connectivity index (χ3v) is 13.0. The van der Waals surface area contributed by atoms with Crippen molar-refractivity contribution in [3.63, 3.8) is 0 Å². The third kappa shape index (κ3) is 21.9. The molecule has 0 atom stereocenters. The molecule has 0 aliphatic rings. The number of nitrogens with zero attached hydrogens (tertiary/aromatic N) is 2. The van der Waals surface area contributed by atoms with Gasteiger partial charge in [0.15, 0.2) is 0 Å². The zero-order valence-electron chi connectivity index (χ0n) is 44.3. The number of para-hydroxylation sites is 2. The molecule has 6 aromatic heterocycles. The third-order valence-electron chi connectivity index (χ3n) is 11.2. The second kappa shape index (κ2) is 36.1. The average molecular weight is 1080 g/mol. The van der Waals surface area contributed by atoms with Gasteiger partial charge in [-0.05, 0) is 116 Å². The van der Waals surface area contributed by atoms with Gasteiger partial charge in [0.1, 0.15) is 11.2 Å². The van der Waals surface area contributed by atoms with Crippen molar-refractivity contribution in [2.45, 2.75) is 0 Å². The first-order valence-corrected chi connectivity index (χ1v) is 27.8. The SMILES string of the molecule is c1ccc2ccccc2c1.c1ccc2ccccc2c1.c1ccc2occc2c1.c1ccc2occc2c1.c1ccc2sccc2c1.c1ccc2sccc2c1.c1ccccc1.c1ccccc1.c1ccncc1.c1ccncc1. The minimum Gasteiger partial charge on any atom is -0.464 e. The quantitative estimate of drug-likeness (QED) is 0.152. The van der Waals surface area contributed by atoms with Crippen LogP contribution in [0.5, 0.6) is 0 Å². The largest absolute Gasteiger partial charge is 0.464 e. The van der Waals surface area contributed by atoms with Crippen molar-refractivity contribution in [3.8, 4) is 0 Å². The van der Waals surface area contributed by atoms with Crippen molar-refractivity contribution in [2.75, 3.05) is 0 Å². The molecule has 0 aliphatic carbocycles. The van der Waals surface area contributed by atoms with Gasteiger partial charge in [-0.1, -0.05) is 255 Å². The number of hydrogen-bond acceptors (Lipinski definition) is 6. The van der Waals surface area contributed by atoms with Gasteiger partial charge in [-0.3, -0.25) is 9.97 Å². The molecule has 0 radical (unpaired) electrons. The van der Waals surface area contributed by atoms with Gasteiger partial charge in [0.25, 0.3) is 0 Å². The molecular formula is C74H62N2O2S2. The summed E-state index contributed by atoms with van der Waals surface area (Å²) in [5.41, 5.74) is 1.91. The standard InChI is InChI=1S/2C10H8.2C8H6O.2C8H6S.2C6H6.2C5H5N/c2*1-2-6-10-8-4-3-7-9(10)5-1;4*1-2-4-8-7(3-1)5-6-9-8;4*1-2-4-6-5-3-1/h2*1-8H;4*1-6H;2*1-6H;2*1-5H. The lowest BCUT2D eigenvalue weighted by Gasteiger charge is -1.92. The number of furan rings is 2. The van der Waals surface area contributed by atoms with Crippen molar-refractivity contribution in [2.24, 2.45) is 0 Å². The van der Waals surface area contributed by atoms with Gasteiger partial charge >= 0.3 is 0 Å². The lowest BCUT2D eigenvalue weighted by Crippen LogP contribution is -1.67. The Kier molecular flexibility index (Phi) is 26.1. The van der Waals surface area contributed by atoms with Crippen LogP contribution in [0.2, 0.25) is 0 Å².